The summed E-state index contributed by atoms with van der Waals surface area (Å²) in [7, 11) is -1.25. The molecule has 0 aromatic heterocycles. The summed E-state index contributed by atoms with van der Waals surface area (Å²) in [5.74, 6) is -0.953. The number of esters is 1. The van der Waals surface area contributed by atoms with Crippen LogP contribution in [0.2, 0.25) is 5.02 Å². The van der Waals surface area contributed by atoms with E-state index in [1.807, 2.05) is 0 Å². The molecule has 0 radical (unpaired) electrons. The number of ether oxygens (including phenoxy) is 2. The Balaban J connectivity index is 3.48. The second-order valence-corrected chi connectivity index (χ2v) is 6.12. The van der Waals surface area contributed by atoms with Gasteiger partial charge in [-0.1, -0.05) is 11.6 Å². The summed E-state index contributed by atoms with van der Waals surface area (Å²) in [6.07, 6.45) is -0.649. The number of aliphatic hydroxyl groups excluding tert-OH is 1. The molecule has 0 saturated heterocycles. The summed E-state index contributed by atoms with van der Waals surface area (Å²) in [5.41, 5.74) is 0.0121. The van der Waals surface area contributed by atoms with Crippen molar-refractivity contribution in [2.75, 3.05) is 20.5 Å². The lowest BCUT2D eigenvalue weighted by Crippen LogP contribution is -2.14. The quantitative estimate of drug-likeness (QED) is 0.833. The molecule has 1 aromatic carbocycles. The van der Waals surface area contributed by atoms with Gasteiger partial charge in [0.1, 0.15) is 4.90 Å². The third-order valence-electron chi connectivity index (χ3n) is 2.38. The van der Waals surface area contributed by atoms with Crippen molar-refractivity contribution in [3.8, 4) is 5.75 Å². The van der Waals surface area contributed by atoms with Crippen LogP contribution in [0.1, 0.15) is 11.7 Å². The fraction of sp³-hybridized carbons (Fsp3) is 0.364. The molecular weight excluding hydrogens is 296 g/mol. The smallest absolute Gasteiger partial charge is 0.339 e. The third-order valence-corrected chi connectivity index (χ3v) is 3.76. The van der Waals surface area contributed by atoms with Crippen molar-refractivity contribution in [3.05, 3.63) is 22.7 Å². The number of halogens is 1. The van der Waals surface area contributed by atoms with Crippen LogP contribution in [0.5, 0.6) is 5.75 Å². The number of carbonyl (C=O) groups excluding carboxylic acids is 1. The third kappa shape index (κ3) is 3.37. The highest BCUT2D eigenvalue weighted by atomic mass is 35.5. The summed E-state index contributed by atoms with van der Waals surface area (Å²) in [4.78, 5) is 11.0. The lowest BCUT2D eigenvalue weighted by molar-refractivity contribution is -0.150. The van der Waals surface area contributed by atoms with E-state index < -0.39 is 21.9 Å². The highest BCUT2D eigenvalue weighted by molar-refractivity contribution is 7.90. The molecule has 1 unspecified atom stereocenters. The molecule has 0 bridgehead atoms. The number of hydrogen-bond donors (Lipinski definition) is 1. The second kappa shape index (κ2) is 5.77. The zero-order valence-corrected chi connectivity index (χ0v) is 12.1. The number of methoxy groups -OCH3 is 2. The van der Waals surface area contributed by atoms with Gasteiger partial charge in [0, 0.05) is 6.26 Å². The molecule has 106 valence electrons. The van der Waals surface area contributed by atoms with E-state index in [4.69, 9.17) is 16.3 Å². The standard InChI is InChI=1S/C11H13ClO6S/c1-17-10-7(12)4-6(9(13)11(14)18-2)5-8(10)19(3,15)16/h4-5,9,13H,1-3H3. The number of sulfone groups is 1. The number of rotatable bonds is 4. The van der Waals surface area contributed by atoms with Gasteiger partial charge in [-0.15, -0.1) is 0 Å². The molecule has 1 rings (SSSR count). The summed E-state index contributed by atoms with van der Waals surface area (Å²) in [5, 5.41) is 9.67. The van der Waals surface area contributed by atoms with Gasteiger partial charge in [0.2, 0.25) is 0 Å². The van der Waals surface area contributed by atoms with Gasteiger partial charge in [-0.3, -0.25) is 0 Å². The van der Waals surface area contributed by atoms with Gasteiger partial charge in [0.15, 0.2) is 21.7 Å². The molecule has 0 fully saturated rings. The molecule has 0 saturated carbocycles. The van der Waals surface area contributed by atoms with Crippen molar-refractivity contribution in [3.63, 3.8) is 0 Å². The molecule has 1 atom stereocenters. The van der Waals surface area contributed by atoms with Gasteiger partial charge < -0.3 is 14.6 Å². The minimum atomic E-state index is -3.63. The maximum atomic E-state index is 11.6. The fourth-order valence-corrected chi connectivity index (χ4v) is 2.71. The number of aliphatic hydroxyl groups is 1. The van der Waals surface area contributed by atoms with E-state index in [1.54, 1.807) is 0 Å². The molecule has 0 aliphatic carbocycles. The topological polar surface area (TPSA) is 89.9 Å². The maximum Gasteiger partial charge on any atom is 0.339 e. The molecule has 0 amide bonds. The Bertz CT molecular complexity index is 595. The minimum absolute atomic E-state index is 0.0121. The van der Waals surface area contributed by atoms with E-state index in [0.29, 0.717) is 0 Å². The van der Waals surface area contributed by atoms with E-state index in [9.17, 15) is 18.3 Å². The number of hydrogen-bond acceptors (Lipinski definition) is 6. The zero-order chi connectivity index (χ0) is 14.8. The largest absolute Gasteiger partial charge is 0.494 e. The van der Waals surface area contributed by atoms with Crippen molar-refractivity contribution in [1.82, 2.24) is 0 Å². The predicted octanol–water partition coefficient (Wildman–Crippen LogP) is 0.958. The molecule has 0 aliphatic rings. The van der Waals surface area contributed by atoms with Crippen LogP contribution in [-0.2, 0) is 19.4 Å². The van der Waals surface area contributed by atoms with Crippen LogP contribution < -0.4 is 4.74 Å². The normalized spacial score (nSPS) is 12.9. The van der Waals surface area contributed by atoms with Crippen LogP contribution in [0.25, 0.3) is 0 Å². The first-order chi connectivity index (χ1) is 8.72. The average Bonchev–Trinajstić information content (AvgIpc) is 2.34. The lowest BCUT2D eigenvalue weighted by Gasteiger charge is -2.14. The Morgan fingerprint density at radius 3 is 2.37 bits per heavy atom. The van der Waals surface area contributed by atoms with Crippen molar-refractivity contribution in [2.24, 2.45) is 0 Å². The molecule has 0 heterocycles. The van der Waals surface area contributed by atoms with E-state index in [1.165, 1.54) is 13.2 Å². The second-order valence-electron chi connectivity index (χ2n) is 3.73. The molecule has 6 nitrogen and oxygen atoms in total. The monoisotopic (exact) mass is 308 g/mol. The van der Waals surface area contributed by atoms with E-state index in [-0.39, 0.29) is 21.2 Å². The predicted molar refractivity (Wildman–Crippen MR) is 68.1 cm³/mol. The Labute approximate surface area is 115 Å². The van der Waals surface area contributed by atoms with Gasteiger partial charge in [0.05, 0.1) is 19.2 Å². The van der Waals surface area contributed by atoms with Crippen LogP contribution in [0.3, 0.4) is 0 Å². The van der Waals surface area contributed by atoms with Gasteiger partial charge in [-0.2, -0.15) is 0 Å². The molecule has 1 aromatic rings. The first-order valence-electron chi connectivity index (χ1n) is 5.05. The van der Waals surface area contributed by atoms with E-state index in [0.717, 1.165) is 19.4 Å². The Morgan fingerprint density at radius 2 is 1.95 bits per heavy atom. The average molecular weight is 309 g/mol. The van der Waals surface area contributed by atoms with Crippen LogP contribution >= 0.6 is 11.6 Å². The minimum Gasteiger partial charge on any atom is -0.494 e. The summed E-state index contributed by atoms with van der Waals surface area (Å²) < 4.78 is 32.6. The highest BCUT2D eigenvalue weighted by Gasteiger charge is 2.24. The summed E-state index contributed by atoms with van der Waals surface area (Å²) in [6, 6.07) is 2.37. The highest BCUT2D eigenvalue weighted by Crippen LogP contribution is 2.35. The first-order valence-corrected chi connectivity index (χ1v) is 7.32. The van der Waals surface area contributed by atoms with Crippen LogP contribution in [0.4, 0.5) is 0 Å². The lowest BCUT2D eigenvalue weighted by atomic mass is 10.1. The molecule has 0 spiro atoms. The van der Waals surface area contributed by atoms with Gasteiger partial charge in [-0.05, 0) is 17.7 Å². The van der Waals surface area contributed by atoms with Crippen molar-refractivity contribution in [1.29, 1.82) is 0 Å². The Hall–Kier alpha value is -1.31. The van der Waals surface area contributed by atoms with E-state index >= 15 is 0 Å². The molecule has 0 aliphatic heterocycles. The van der Waals surface area contributed by atoms with E-state index in [2.05, 4.69) is 4.74 Å². The molecule has 1 N–H and O–H groups in total. The summed E-state index contributed by atoms with van der Waals surface area (Å²) in [6.45, 7) is 0. The van der Waals surface area contributed by atoms with Gasteiger partial charge >= 0.3 is 5.97 Å². The number of carbonyl (C=O) groups is 1. The first kappa shape index (κ1) is 15.7. The zero-order valence-electron chi connectivity index (χ0n) is 10.5. The van der Waals surface area contributed by atoms with Crippen LogP contribution in [0.15, 0.2) is 17.0 Å². The summed E-state index contributed by atoms with van der Waals surface area (Å²) >= 11 is 5.88. The Kier molecular flexibility index (Phi) is 4.78. The van der Waals surface area contributed by atoms with Crippen LogP contribution in [0, 0.1) is 0 Å². The fourth-order valence-electron chi connectivity index (χ4n) is 1.47. The van der Waals surface area contributed by atoms with Crippen molar-refractivity contribution >= 4 is 27.4 Å². The SMILES string of the molecule is COC(=O)C(O)c1cc(Cl)c(OC)c(S(C)(=O)=O)c1. The van der Waals surface area contributed by atoms with Crippen molar-refractivity contribution < 1.29 is 27.8 Å². The molecule has 8 heteroatoms. The molecule has 19 heavy (non-hydrogen) atoms. The van der Waals surface area contributed by atoms with Crippen molar-refractivity contribution in [2.45, 2.75) is 11.0 Å². The van der Waals surface area contributed by atoms with Gasteiger partial charge in [0.25, 0.3) is 0 Å². The van der Waals surface area contributed by atoms with Gasteiger partial charge in [-0.25, -0.2) is 13.2 Å². The maximum absolute atomic E-state index is 11.6. The molecular formula is C11H13ClO6S. The number of benzene rings is 1. The Morgan fingerprint density at radius 1 is 1.37 bits per heavy atom. The van der Waals surface area contributed by atoms with Crippen LogP contribution in [-0.4, -0.2) is 40.0 Å².